The van der Waals surface area contributed by atoms with E-state index in [9.17, 15) is 0 Å². The lowest BCUT2D eigenvalue weighted by Crippen LogP contribution is -2.41. The zero-order valence-electron chi connectivity index (χ0n) is 11.3. The van der Waals surface area contributed by atoms with Crippen molar-refractivity contribution in [2.75, 3.05) is 0 Å². The minimum Gasteiger partial charge on any atom is -0.0820 e. The Morgan fingerprint density at radius 2 is 1.76 bits per heavy atom. The average Bonchev–Trinajstić information content (AvgIpc) is 2.96. The van der Waals surface area contributed by atoms with Crippen molar-refractivity contribution in [3.8, 4) is 0 Å². The molecule has 96 valence electrons. The van der Waals surface area contributed by atoms with Gasteiger partial charge >= 0.3 is 0 Å². The molecule has 4 aliphatic carbocycles. The van der Waals surface area contributed by atoms with Crippen molar-refractivity contribution in [1.29, 1.82) is 0 Å². The van der Waals surface area contributed by atoms with Crippen molar-refractivity contribution >= 4 is 22.6 Å². The maximum atomic E-state index is 2.81. The zero-order valence-corrected chi connectivity index (χ0v) is 13.5. The van der Waals surface area contributed by atoms with E-state index < -0.39 is 0 Å². The third-order valence-corrected chi connectivity index (χ3v) is 9.37. The Bertz CT molecular complexity index is 349. The van der Waals surface area contributed by atoms with E-state index in [1.165, 1.54) is 0 Å². The molecule has 4 saturated carbocycles. The van der Waals surface area contributed by atoms with Crippen LogP contribution in [0.15, 0.2) is 0 Å². The molecule has 4 rings (SSSR count). The molecule has 0 radical (unpaired) electrons. The van der Waals surface area contributed by atoms with Crippen LogP contribution in [0.2, 0.25) is 0 Å². The topological polar surface area (TPSA) is 0 Å². The Kier molecular flexibility index (Phi) is 2.33. The third-order valence-electron chi connectivity index (χ3n) is 7.52. The highest BCUT2D eigenvalue weighted by Crippen LogP contribution is 2.74. The molecule has 0 spiro atoms. The molecule has 0 amide bonds. The summed E-state index contributed by atoms with van der Waals surface area (Å²) in [5.41, 5.74) is 0.687. The Hall–Kier alpha value is 0.730. The van der Waals surface area contributed by atoms with Gasteiger partial charge in [0, 0.05) is 3.92 Å². The van der Waals surface area contributed by atoms with Crippen molar-refractivity contribution in [2.24, 2.45) is 46.8 Å². The normalized spacial score (nSPS) is 63.7. The molecule has 0 aromatic carbocycles. The van der Waals surface area contributed by atoms with E-state index in [0.29, 0.717) is 5.41 Å². The Morgan fingerprint density at radius 1 is 1.12 bits per heavy atom. The molecule has 0 saturated heterocycles. The van der Waals surface area contributed by atoms with E-state index in [4.69, 9.17) is 0 Å². The standard InChI is InChI=1S/C16H25I/c1-8(2)16(3)7-9-6-12(16)14-11-5-4-10(13(9)14)15(11)17/h8-15H,4-7H2,1-3H3. The molecule has 0 heterocycles. The first-order valence-electron chi connectivity index (χ1n) is 7.68. The summed E-state index contributed by atoms with van der Waals surface area (Å²) in [6, 6.07) is 0. The van der Waals surface area contributed by atoms with E-state index >= 15 is 0 Å². The molecule has 4 bridgehead atoms. The fourth-order valence-electron chi connectivity index (χ4n) is 6.58. The van der Waals surface area contributed by atoms with Crippen molar-refractivity contribution in [3.05, 3.63) is 0 Å². The fraction of sp³-hybridized carbons (Fsp3) is 1.00. The zero-order chi connectivity index (χ0) is 11.9. The molecule has 17 heavy (non-hydrogen) atoms. The number of halogens is 1. The molecule has 0 aromatic rings. The Balaban J connectivity index is 1.71. The van der Waals surface area contributed by atoms with Crippen molar-refractivity contribution in [1.82, 2.24) is 0 Å². The van der Waals surface area contributed by atoms with Crippen LogP contribution < -0.4 is 0 Å². The summed E-state index contributed by atoms with van der Waals surface area (Å²) < 4.78 is 1.04. The van der Waals surface area contributed by atoms with Gasteiger partial charge in [0.25, 0.3) is 0 Å². The van der Waals surface area contributed by atoms with Crippen molar-refractivity contribution in [2.45, 2.75) is 50.4 Å². The van der Waals surface area contributed by atoms with Crippen LogP contribution in [0.4, 0.5) is 0 Å². The maximum Gasteiger partial charge on any atom is 0.0172 e. The van der Waals surface area contributed by atoms with E-state index in [1.807, 2.05) is 0 Å². The molecular weight excluding hydrogens is 319 g/mol. The minimum atomic E-state index is 0.687. The molecule has 1 heteroatoms. The van der Waals surface area contributed by atoms with Gasteiger partial charge in [-0.2, -0.15) is 0 Å². The predicted molar refractivity (Wildman–Crippen MR) is 80.2 cm³/mol. The predicted octanol–water partition coefficient (Wildman–Crippen LogP) is 4.76. The van der Waals surface area contributed by atoms with Crippen molar-refractivity contribution < 1.29 is 0 Å². The van der Waals surface area contributed by atoms with Crippen LogP contribution in [0.1, 0.15) is 46.5 Å². The highest BCUT2D eigenvalue weighted by molar-refractivity contribution is 14.1. The molecule has 8 atom stereocenters. The Labute approximate surface area is 119 Å². The van der Waals surface area contributed by atoms with Gasteiger partial charge in [-0.25, -0.2) is 0 Å². The molecule has 0 aromatic heterocycles. The van der Waals surface area contributed by atoms with Gasteiger partial charge in [0.1, 0.15) is 0 Å². The molecule has 0 aliphatic heterocycles. The molecule has 0 nitrogen and oxygen atoms in total. The van der Waals surface area contributed by atoms with Crippen LogP contribution in [0.5, 0.6) is 0 Å². The molecular formula is C16H25I. The number of fused-ring (bicyclic) bond motifs is 9. The lowest BCUT2D eigenvalue weighted by molar-refractivity contribution is 0.0146. The number of hydrogen-bond acceptors (Lipinski definition) is 0. The summed E-state index contributed by atoms with van der Waals surface area (Å²) in [6.45, 7) is 7.57. The quantitative estimate of drug-likeness (QED) is 0.365. The van der Waals surface area contributed by atoms with Gasteiger partial charge in [-0.15, -0.1) is 0 Å². The first-order valence-corrected chi connectivity index (χ1v) is 8.92. The van der Waals surface area contributed by atoms with Crippen LogP contribution in [-0.2, 0) is 0 Å². The number of hydrogen-bond donors (Lipinski definition) is 0. The monoisotopic (exact) mass is 344 g/mol. The Morgan fingerprint density at radius 3 is 2.41 bits per heavy atom. The van der Waals surface area contributed by atoms with Crippen LogP contribution >= 0.6 is 22.6 Å². The number of alkyl halides is 1. The lowest BCUT2D eigenvalue weighted by atomic mass is 9.58. The van der Waals surface area contributed by atoms with Gasteiger partial charge in [0.15, 0.2) is 0 Å². The highest BCUT2D eigenvalue weighted by atomic mass is 127. The van der Waals surface area contributed by atoms with Gasteiger partial charge in [-0.1, -0.05) is 43.4 Å². The second kappa shape index (κ2) is 3.43. The SMILES string of the molecule is CC(C)C1(C)CC2CC1C1C3CCC(C3I)C21. The maximum absolute atomic E-state index is 2.81. The lowest BCUT2D eigenvalue weighted by Gasteiger charge is -2.47. The van der Waals surface area contributed by atoms with E-state index in [1.54, 1.807) is 25.7 Å². The smallest absolute Gasteiger partial charge is 0.0172 e. The van der Waals surface area contributed by atoms with E-state index in [-0.39, 0.29) is 0 Å². The minimum absolute atomic E-state index is 0.687. The van der Waals surface area contributed by atoms with Crippen LogP contribution in [-0.4, -0.2) is 3.92 Å². The van der Waals surface area contributed by atoms with Gasteiger partial charge in [0.2, 0.25) is 0 Å². The summed E-state index contributed by atoms with van der Waals surface area (Å²) in [6.07, 6.45) is 6.29. The summed E-state index contributed by atoms with van der Waals surface area (Å²) >= 11 is 2.81. The first kappa shape index (κ1) is 11.5. The largest absolute Gasteiger partial charge is 0.0820 e. The van der Waals surface area contributed by atoms with E-state index in [2.05, 4.69) is 43.4 Å². The summed E-state index contributed by atoms with van der Waals surface area (Å²) in [5.74, 6) is 7.63. The summed E-state index contributed by atoms with van der Waals surface area (Å²) in [4.78, 5) is 0. The van der Waals surface area contributed by atoms with E-state index in [0.717, 1.165) is 45.3 Å². The number of rotatable bonds is 1. The van der Waals surface area contributed by atoms with Gasteiger partial charge < -0.3 is 0 Å². The fourth-order valence-corrected chi connectivity index (χ4v) is 8.26. The van der Waals surface area contributed by atoms with Crippen LogP contribution in [0.3, 0.4) is 0 Å². The molecule has 8 unspecified atom stereocenters. The molecule has 4 fully saturated rings. The van der Waals surface area contributed by atoms with Crippen molar-refractivity contribution in [3.63, 3.8) is 0 Å². The summed E-state index contributed by atoms with van der Waals surface area (Å²) in [5, 5.41) is 0. The van der Waals surface area contributed by atoms with Crippen LogP contribution in [0, 0.1) is 46.8 Å². The second-order valence-electron chi connectivity index (χ2n) is 7.97. The molecule has 0 N–H and O–H groups in total. The second-order valence-corrected chi connectivity index (χ2v) is 9.41. The third kappa shape index (κ3) is 1.21. The first-order chi connectivity index (χ1) is 8.04. The van der Waals surface area contributed by atoms with Gasteiger partial charge in [-0.3, -0.25) is 0 Å². The van der Waals surface area contributed by atoms with Gasteiger partial charge in [0.05, 0.1) is 0 Å². The summed E-state index contributed by atoms with van der Waals surface area (Å²) in [7, 11) is 0. The van der Waals surface area contributed by atoms with Crippen LogP contribution in [0.25, 0.3) is 0 Å². The van der Waals surface area contributed by atoms with Gasteiger partial charge in [-0.05, 0) is 72.5 Å². The molecule has 4 aliphatic rings. The average molecular weight is 344 g/mol. The highest BCUT2D eigenvalue weighted by Gasteiger charge is 2.68.